The molecular formula is C22H25N3O3. The van der Waals surface area contributed by atoms with Crippen LogP contribution >= 0.6 is 0 Å². The minimum Gasteiger partial charge on any atom is -0.408 e. The smallest absolute Gasteiger partial charge is 0.408 e. The quantitative estimate of drug-likeness (QED) is 0.715. The third-order valence-corrected chi connectivity index (χ3v) is 5.34. The van der Waals surface area contributed by atoms with Crippen molar-refractivity contribution in [1.82, 2.24) is 14.8 Å². The van der Waals surface area contributed by atoms with Gasteiger partial charge in [0.05, 0.1) is 5.52 Å². The lowest BCUT2D eigenvalue weighted by Crippen LogP contribution is -2.44. The summed E-state index contributed by atoms with van der Waals surface area (Å²) >= 11 is 0. The van der Waals surface area contributed by atoms with Gasteiger partial charge in [0.1, 0.15) is 0 Å². The number of para-hydroxylation sites is 2. The zero-order valence-corrected chi connectivity index (χ0v) is 15.8. The van der Waals surface area contributed by atoms with E-state index in [4.69, 9.17) is 4.42 Å². The number of carbonyl (C=O) groups excluding carboxylic acids is 1. The van der Waals surface area contributed by atoms with Crippen LogP contribution in [0.5, 0.6) is 0 Å². The number of aromatic nitrogens is 1. The monoisotopic (exact) mass is 379 g/mol. The highest BCUT2D eigenvalue weighted by Crippen LogP contribution is 2.15. The summed E-state index contributed by atoms with van der Waals surface area (Å²) < 4.78 is 6.74. The Hall–Kier alpha value is -2.86. The second kappa shape index (κ2) is 8.44. The average molecular weight is 379 g/mol. The normalized spacial score (nSPS) is 15.7. The maximum Gasteiger partial charge on any atom is 0.419 e. The van der Waals surface area contributed by atoms with E-state index in [9.17, 15) is 9.59 Å². The Morgan fingerprint density at radius 3 is 2.54 bits per heavy atom. The Labute approximate surface area is 163 Å². The maximum atomic E-state index is 12.4. The first-order valence-corrected chi connectivity index (χ1v) is 9.83. The molecule has 0 spiro atoms. The number of hydrogen-bond acceptors (Lipinski definition) is 4. The third-order valence-electron chi connectivity index (χ3n) is 5.34. The number of piperidine rings is 1. The van der Waals surface area contributed by atoms with Crippen molar-refractivity contribution < 1.29 is 9.21 Å². The van der Waals surface area contributed by atoms with Gasteiger partial charge < -0.3 is 9.73 Å². The molecule has 0 bridgehead atoms. The second-order valence-corrected chi connectivity index (χ2v) is 7.34. The largest absolute Gasteiger partial charge is 0.419 e. The number of rotatable bonds is 6. The van der Waals surface area contributed by atoms with Gasteiger partial charge in [0.15, 0.2) is 5.58 Å². The van der Waals surface area contributed by atoms with E-state index in [0.29, 0.717) is 12.1 Å². The van der Waals surface area contributed by atoms with Crippen molar-refractivity contribution >= 4 is 17.0 Å². The van der Waals surface area contributed by atoms with Crippen LogP contribution in [0.25, 0.3) is 11.1 Å². The predicted octanol–water partition coefficient (Wildman–Crippen LogP) is 2.77. The summed E-state index contributed by atoms with van der Waals surface area (Å²) in [5, 5.41) is 3.12. The van der Waals surface area contributed by atoms with Gasteiger partial charge in [0.25, 0.3) is 0 Å². The molecule has 0 atom stereocenters. The van der Waals surface area contributed by atoms with E-state index < -0.39 is 5.76 Å². The Morgan fingerprint density at radius 2 is 1.75 bits per heavy atom. The van der Waals surface area contributed by atoms with Crippen molar-refractivity contribution in [3.05, 3.63) is 70.7 Å². The van der Waals surface area contributed by atoms with Gasteiger partial charge in [-0.2, -0.15) is 0 Å². The molecule has 1 fully saturated rings. The van der Waals surface area contributed by atoms with E-state index in [1.807, 2.05) is 24.3 Å². The van der Waals surface area contributed by atoms with Crippen LogP contribution in [0.3, 0.4) is 0 Å². The van der Waals surface area contributed by atoms with E-state index in [1.54, 1.807) is 6.07 Å². The van der Waals surface area contributed by atoms with Gasteiger partial charge in [0.2, 0.25) is 5.91 Å². The maximum absolute atomic E-state index is 12.4. The summed E-state index contributed by atoms with van der Waals surface area (Å²) in [6.45, 7) is 3.24. The van der Waals surface area contributed by atoms with Crippen LogP contribution in [0.2, 0.25) is 0 Å². The molecule has 2 aromatic carbocycles. The van der Waals surface area contributed by atoms with Crippen LogP contribution in [0, 0.1) is 0 Å². The molecule has 1 aromatic heterocycles. The third kappa shape index (κ3) is 4.34. The van der Waals surface area contributed by atoms with E-state index >= 15 is 0 Å². The number of nitrogens with zero attached hydrogens (tertiary/aromatic N) is 2. The molecule has 0 aliphatic carbocycles. The Balaban J connectivity index is 1.25. The molecule has 4 rings (SSSR count). The Kier molecular flexibility index (Phi) is 5.58. The van der Waals surface area contributed by atoms with E-state index in [-0.39, 0.29) is 18.4 Å². The van der Waals surface area contributed by atoms with Gasteiger partial charge in [-0.25, -0.2) is 4.79 Å². The summed E-state index contributed by atoms with van der Waals surface area (Å²) in [4.78, 5) is 26.8. The molecule has 0 saturated carbocycles. The number of carbonyl (C=O) groups is 1. The number of hydrogen-bond donors (Lipinski definition) is 1. The molecular weight excluding hydrogens is 354 g/mol. The molecule has 0 radical (unpaired) electrons. The van der Waals surface area contributed by atoms with Crippen LogP contribution in [-0.2, 0) is 17.9 Å². The number of amides is 1. The predicted molar refractivity (Wildman–Crippen MR) is 108 cm³/mol. The minimum atomic E-state index is -0.414. The standard InChI is InChI=1S/C22H25N3O3/c26-21(12-15-25-19-8-4-5-9-20(19)28-22(25)27)23-18-10-13-24(14-11-18)16-17-6-2-1-3-7-17/h1-9,18H,10-16H2,(H,23,26). The lowest BCUT2D eigenvalue weighted by Gasteiger charge is -2.32. The zero-order chi connectivity index (χ0) is 19.3. The first-order valence-electron chi connectivity index (χ1n) is 9.83. The zero-order valence-electron chi connectivity index (χ0n) is 15.8. The topological polar surface area (TPSA) is 67.5 Å². The highest BCUT2D eigenvalue weighted by atomic mass is 16.4. The van der Waals surface area contributed by atoms with Gasteiger partial charge >= 0.3 is 5.76 Å². The lowest BCUT2D eigenvalue weighted by molar-refractivity contribution is -0.122. The van der Waals surface area contributed by atoms with Crippen LogP contribution in [-0.4, -0.2) is 34.5 Å². The van der Waals surface area contributed by atoms with E-state index in [2.05, 4.69) is 34.5 Å². The molecule has 1 amide bonds. The number of oxazole rings is 1. The van der Waals surface area contributed by atoms with Crippen molar-refractivity contribution in [2.24, 2.45) is 0 Å². The van der Waals surface area contributed by atoms with Gasteiger partial charge in [-0.1, -0.05) is 42.5 Å². The Bertz CT molecular complexity index is 985. The van der Waals surface area contributed by atoms with Crippen LogP contribution in [0.4, 0.5) is 0 Å². The van der Waals surface area contributed by atoms with Crippen molar-refractivity contribution in [3.63, 3.8) is 0 Å². The molecule has 1 saturated heterocycles. The van der Waals surface area contributed by atoms with Crippen molar-refractivity contribution in [2.45, 2.75) is 38.4 Å². The fourth-order valence-corrected chi connectivity index (χ4v) is 3.82. The minimum absolute atomic E-state index is 0.0151. The summed E-state index contributed by atoms with van der Waals surface area (Å²) in [5.41, 5.74) is 2.61. The van der Waals surface area contributed by atoms with E-state index in [1.165, 1.54) is 10.1 Å². The summed E-state index contributed by atoms with van der Waals surface area (Å²) in [7, 11) is 0. The van der Waals surface area contributed by atoms with Gasteiger partial charge in [-0.3, -0.25) is 14.3 Å². The highest BCUT2D eigenvalue weighted by Gasteiger charge is 2.21. The first kappa shape index (κ1) is 18.5. The van der Waals surface area contributed by atoms with Crippen LogP contribution in [0.1, 0.15) is 24.8 Å². The van der Waals surface area contributed by atoms with Crippen LogP contribution < -0.4 is 11.1 Å². The fourth-order valence-electron chi connectivity index (χ4n) is 3.82. The molecule has 6 heteroatoms. The number of aryl methyl sites for hydroxylation is 1. The number of likely N-dealkylation sites (tertiary alicyclic amines) is 1. The summed E-state index contributed by atoms with van der Waals surface area (Å²) in [6.07, 6.45) is 2.17. The highest BCUT2D eigenvalue weighted by molar-refractivity contribution is 5.77. The molecule has 1 N–H and O–H groups in total. The molecule has 28 heavy (non-hydrogen) atoms. The van der Waals surface area contributed by atoms with Gasteiger partial charge in [-0.15, -0.1) is 0 Å². The van der Waals surface area contributed by atoms with Crippen molar-refractivity contribution in [1.29, 1.82) is 0 Å². The first-order chi connectivity index (χ1) is 13.7. The van der Waals surface area contributed by atoms with Crippen LogP contribution in [0.15, 0.2) is 63.8 Å². The van der Waals surface area contributed by atoms with Gasteiger partial charge in [0, 0.05) is 38.6 Å². The number of fused-ring (bicyclic) bond motifs is 1. The number of nitrogens with one attached hydrogen (secondary N) is 1. The molecule has 1 aliphatic heterocycles. The Morgan fingerprint density at radius 1 is 1.04 bits per heavy atom. The average Bonchev–Trinajstić information content (AvgIpc) is 3.04. The second-order valence-electron chi connectivity index (χ2n) is 7.34. The van der Waals surface area contributed by atoms with Gasteiger partial charge in [-0.05, 0) is 30.5 Å². The lowest BCUT2D eigenvalue weighted by atomic mass is 10.0. The molecule has 146 valence electrons. The summed E-state index contributed by atoms with van der Waals surface area (Å²) in [6, 6.07) is 17.9. The molecule has 6 nitrogen and oxygen atoms in total. The molecule has 1 aliphatic rings. The van der Waals surface area contributed by atoms with E-state index in [0.717, 1.165) is 38.0 Å². The molecule has 2 heterocycles. The van der Waals surface area contributed by atoms with Crippen molar-refractivity contribution in [3.8, 4) is 0 Å². The molecule has 0 unspecified atom stereocenters. The SMILES string of the molecule is O=C(CCn1c(=O)oc2ccccc21)NC1CCN(Cc2ccccc2)CC1. The fraction of sp³-hybridized carbons (Fsp3) is 0.364. The summed E-state index contributed by atoms with van der Waals surface area (Å²) in [5.74, 6) is -0.429. The van der Waals surface area contributed by atoms with Crippen molar-refractivity contribution in [2.75, 3.05) is 13.1 Å². The molecule has 3 aromatic rings. The number of benzene rings is 2.